The monoisotopic (exact) mass is 620 g/mol. The number of esters is 1. The Morgan fingerprint density at radius 2 is 1.89 bits per heavy atom. The standard InChI is InChI=1S/C26H29IN4O6/c1-16(2)37-25(33)22-17(3)28-26(34)30(23(22)19-7-5-8-21(15-19)31(35)36)14-6-13-29(4)24(32)18-9-11-20(27)12-10-18/h5,7-12,15-16,23H,6,13-14H2,1-4H3,(H,28,34). The lowest BCUT2D eigenvalue weighted by Gasteiger charge is -2.38. The van der Waals surface area contributed by atoms with Gasteiger partial charge in [-0.2, -0.15) is 0 Å². The van der Waals surface area contributed by atoms with Gasteiger partial charge in [0.25, 0.3) is 11.6 Å². The largest absolute Gasteiger partial charge is 0.459 e. The Labute approximate surface area is 228 Å². The summed E-state index contributed by atoms with van der Waals surface area (Å²) in [5.41, 5.74) is 1.36. The third-order valence-corrected chi connectivity index (χ3v) is 6.55. The van der Waals surface area contributed by atoms with E-state index in [-0.39, 0.29) is 23.7 Å². The minimum atomic E-state index is -0.892. The Morgan fingerprint density at radius 1 is 1.22 bits per heavy atom. The van der Waals surface area contributed by atoms with Crippen molar-refractivity contribution in [3.05, 3.63) is 84.6 Å². The van der Waals surface area contributed by atoms with E-state index < -0.39 is 29.1 Å². The fourth-order valence-electron chi connectivity index (χ4n) is 4.10. The maximum Gasteiger partial charge on any atom is 0.338 e. The van der Waals surface area contributed by atoms with E-state index in [0.29, 0.717) is 29.8 Å². The minimum Gasteiger partial charge on any atom is -0.459 e. The van der Waals surface area contributed by atoms with Gasteiger partial charge < -0.3 is 19.9 Å². The van der Waals surface area contributed by atoms with Crippen LogP contribution in [-0.2, 0) is 9.53 Å². The number of carbonyl (C=O) groups is 3. The molecule has 1 unspecified atom stereocenters. The zero-order valence-electron chi connectivity index (χ0n) is 21.1. The molecule has 0 bridgehead atoms. The summed E-state index contributed by atoms with van der Waals surface area (Å²) in [4.78, 5) is 52.9. The first-order valence-electron chi connectivity index (χ1n) is 11.7. The predicted molar refractivity (Wildman–Crippen MR) is 146 cm³/mol. The Morgan fingerprint density at radius 3 is 2.51 bits per heavy atom. The Bertz CT molecular complexity index is 1230. The fourth-order valence-corrected chi connectivity index (χ4v) is 4.46. The number of amides is 3. The van der Waals surface area contributed by atoms with Gasteiger partial charge in [-0.15, -0.1) is 0 Å². The summed E-state index contributed by atoms with van der Waals surface area (Å²) < 4.78 is 6.47. The van der Waals surface area contributed by atoms with Crippen molar-refractivity contribution in [2.24, 2.45) is 0 Å². The van der Waals surface area contributed by atoms with Crippen molar-refractivity contribution >= 4 is 46.2 Å². The molecular formula is C26H29IN4O6. The van der Waals surface area contributed by atoms with E-state index in [4.69, 9.17) is 4.74 Å². The van der Waals surface area contributed by atoms with Gasteiger partial charge in [-0.25, -0.2) is 9.59 Å². The predicted octanol–water partition coefficient (Wildman–Crippen LogP) is 4.65. The quantitative estimate of drug-likeness (QED) is 0.189. The molecule has 0 saturated heterocycles. The number of nitrogens with one attached hydrogen (secondary N) is 1. The molecule has 0 spiro atoms. The summed E-state index contributed by atoms with van der Waals surface area (Å²) in [6.07, 6.45) is 0.0161. The van der Waals surface area contributed by atoms with Gasteiger partial charge in [-0.3, -0.25) is 14.9 Å². The minimum absolute atomic E-state index is 0.147. The average molecular weight is 620 g/mol. The molecule has 0 aliphatic carbocycles. The Kier molecular flexibility index (Phi) is 9.24. The molecule has 1 heterocycles. The van der Waals surface area contributed by atoms with Gasteiger partial charge in [0.1, 0.15) is 0 Å². The molecule has 10 nitrogen and oxygen atoms in total. The van der Waals surface area contributed by atoms with E-state index in [2.05, 4.69) is 27.9 Å². The summed E-state index contributed by atoms with van der Waals surface area (Å²) >= 11 is 2.17. The smallest absolute Gasteiger partial charge is 0.338 e. The first-order chi connectivity index (χ1) is 17.5. The van der Waals surface area contributed by atoms with E-state index in [1.807, 2.05) is 12.1 Å². The van der Waals surface area contributed by atoms with Gasteiger partial charge in [0.2, 0.25) is 0 Å². The third-order valence-electron chi connectivity index (χ3n) is 5.83. The van der Waals surface area contributed by atoms with Crippen molar-refractivity contribution in [2.75, 3.05) is 20.1 Å². The van der Waals surface area contributed by atoms with Crippen molar-refractivity contribution in [1.82, 2.24) is 15.1 Å². The summed E-state index contributed by atoms with van der Waals surface area (Å²) in [5.74, 6) is -0.758. The Hall–Kier alpha value is -3.48. The zero-order valence-corrected chi connectivity index (χ0v) is 23.2. The van der Waals surface area contributed by atoms with Crippen LogP contribution < -0.4 is 5.32 Å². The lowest BCUT2D eigenvalue weighted by Crippen LogP contribution is -2.49. The van der Waals surface area contributed by atoms with Crippen LogP contribution in [0.25, 0.3) is 0 Å². The lowest BCUT2D eigenvalue weighted by atomic mass is 9.93. The molecule has 11 heteroatoms. The van der Waals surface area contributed by atoms with Crippen LogP contribution in [0.1, 0.15) is 49.2 Å². The molecule has 37 heavy (non-hydrogen) atoms. The van der Waals surface area contributed by atoms with E-state index in [0.717, 1.165) is 3.57 Å². The molecule has 0 radical (unpaired) electrons. The van der Waals surface area contributed by atoms with Crippen LogP contribution in [0.2, 0.25) is 0 Å². The number of nitrogens with zero attached hydrogens (tertiary/aromatic N) is 3. The number of urea groups is 1. The number of ether oxygens (including phenoxy) is 1. The highest BCUT2D eigenvalue weighted by Crippen LogP contribution is 2.36. The molecule has 1 atom stereocenters. The van der Waals surface area contributed by atoms with Gasteiger partial charge in [0.15, 0.2) is 0 Å². The highest BCUT2D eigenvalue weighted by atomic mass is 127. The molecular weight excluding hydrogens is 591 g/mol. The molecule has 2 aromatic carbocycles. The van der Waals surface area contributed by atoms with E-state index in [1.165, 1.54) is 23.1 Å². The fraction of sp³-hybridized carbons (Fsp3) is 0.346. The molecule has 0 fully saturated rings. The van der Waals surface area contributed by atoms with Crippen molar-refractivity contribution in [3.8, 4) is 0 Å². The molecule has 3 amide bonds. The molecule has 1 aliphatic heterocycles. The molecule has 2 aromatic rings. The first-order valence-corrected chi connectivity index (χ1v) is 12.8. The average Bonchev–Trinajstić information content (AvgIpc) is 2.84. The summed E-state index contributed by atoms with van der Waals surface area (Å²) in [6, 6.07) is 11.8. The summed E-state index contributed by atoms with van der Waals surface area (Å²) in [6.45, 7) is 5.58. The third kappa shape index (κ3) is 6.85. The van der Waals surface area contributed by atoms with Crippen molar-refractivity contribution in [3.63, 3.8) is 0 Å². The number of rotatable bonds is 9. The first kappa shape index (κ1) is 28.1. The van der Waals surface area contributed by atoms with Gasteiger partial charge >= 0.3 is 12.0 Å². The van der Waals surface area contributed by atoms with Crippen molar-refractivity contribution < 1.29 is 24.0 Å². The summed E-state index contributed by atoms with van der Waals surface area (Å²) in [5, 5.41) is 14.1. The van der Waals surface area contributed by atoms with E-state index >= 15 is 0 Å². The van der Waals surface area contributed by atoms with Crippen LogP contribution in [0.3, 0.4) is 0 Å². The highest BCUT2D eigenvalue weighted by molar-refractivity contribution is 14.1. The van der Waals surface area contributed by atoms with Gasteiger partial charge in [0.05, 0.1) is 22.6 Å². The van der Waals surface area contributed by atoms with Gasteiger partial charge in [0, 0.05) is 47.1 Å². The Balaban J connectivity index is 1.87. The number of hydrogen-bond donors (Lipinski definition) is 1. The van der Waals surface area contributed by atoms with Gasteiger partial charge in [-0.05, 0) is 79.6 Å². The van der Waals surface area contributed by atoms with Gasteiger partial charge in [-0.1, -0.05) is 12.1 Å². The zero-order chi connectivity index (χ0) is 27.3. The number of benzene rings is 2. The number of non-ortho nitro benzene ring substituents is 1. The number of carbonyl (C=O) groups excluding carboxylic acids is 3. The maximum atomic E-state index is 13.1. The van der Waals surface area contributed by atoms with Crippen LogP contribution in [0.4, 0.5) is 10.5 Å². The van der Waals surface area contributed by atoms with Crippen molar-refractivity contribution in [2.45, 2.75) is 39.3 Å². The molecule has 3 rings (SSSR count). The molecule has 196 valence electrons. The molecule has 1 N–H and O–H groups in total. The second kappa shape index (κ2) is 12.2. The maximum absolute atomic E-state index is 13.1. The van der Waals surface area contributed by atoms with Crippen LogP contribution in [0.5, 0.6) is 0 Å². The van der Waals surface area contributed by atoms with E-state index in [9.17, 15) is 24.5 Å². The number of halogens is 1. The SMILES string of the molecule is CC1=C(C(=O)OC(C)C)C(c2cccc([N+](=O)[O-])c2)N(CCCN(C)C(=O)c2ccc(I)cc2)C(=O)N1. The highest BCUT2D eigenvalue weighted by Gasteiger charge is 2.39. The number of hydrogen-bond acceptors (Lipinski definition) is 6. The molecule has 1 aliphatic rings. The topological polar surface area (TPSA) is 122 Å². The molecule has 0 aromatic heterocycles. The number of allylic oxidation sites excluding steroid dienone is 1. The van der Waals surface area contributed by atoms with E-state index in [1.54, 1.807) is 50.9 Å². The van der Waals surface area contributed by atoms with Crippen LogP contribution in [0, 0.1) is 13.7 Å². The van der Waals surface area contributed by atoms with Crippen LogP contribution in [0.15, 0.2) is 59.8 Å². The normalized spacial score (nSPS) is 15.5. The van der Waals surface area contributed by atoms with Crippen LogP contribution in [-0.4, -0.2) is 58.9 Å². The van der Waals surface area contributed by atoms with Crippen molar-refractivity contribution in [1.29, 1.82) is 0 Å². The lowest BCUT2D eigenvalue weighted by molar-refractivity contribution is -0.384. The number of nitro groups is 1. The second-order valence-electron chi connectivity index (χ2n) is 8.96. The summed E-state index contributed by atoms with van der Waals surface area (Å²) in [7, 11) is 1.68. The van der Waals surface area contributed by atoms with Crippen LogP contribution >= 0.6 is 22.6 Å². The second-order valence-corrected chi connectivity index (χ2v) is 10.2. The molecule has 0 saturated carbocycles. The number of nitro benzene ring substituents is 1.